The Balaban J connectivity index is 2.04. The van der Waals surface area contributed by atoms with Crippen LogP contribution in [0.4, 0.5) is 0 Å². The summed E-state index contributed by atoms with van der Waals surface area (Å²) in [5.41, 5.74) is 4.85. The van der Waals surface area contributed by atoms with Gasteiger partial charge in [-0.25, -0.2) is 4.99 Å². The number of benzene rings is 1. The monoisotopic (exact) mass is 371 g/mol. The number of nitrogens with one attached hydrogen (secondary N) is 2. The molecule has 0 radical (unpaired) electrons. The molecule has 0 saturated carbocycles. The average molecular weight is 372 g/mol. The van der Waals surface area contributed by atoms with Gasteiger partial charge in [0.2, 0.25) is 0 Å². The molecule has 0 saturated heterocycles. The lowest BCUT2D eigenvalue weighted by Crippen LogP contribution is -2.38. The van der Waals surface area contributed by atoms with Gasteiger partial charge in [-0.3, -0.25) is 4.68 Å². The van der Waals surface area contributed by atoms with Crippen molar-refractivity contribution in [1.29, 1.82) is 0 Å². The van der Waals surface area contributed by atoms with Gasteiger partial charge in [-0.05, 0) is 37.8 Å². The maximum Gasteiger partial charge on any atom is 0.191 e. The third kappa shape index (κ3) is 5.49. The standard InChI is InChI=1S/C21H33N5O/c1-6-18-17(19(7-2)26(4)25-18)15-24-21(22-8-3)23-14-13-16-11-9-10-12-20(16)27-5/h9-12H,6-8,13-15H2,1-5H3,(H2,22,23,24). The molecule has 148 valence electrons. The highest BCUT2D eigenvalue weighted by Gasteiger charge is 2.13. The Labute approximate surface area is 163 Å². The maximum absolute atomic E-state index is 5.43. The number of aryl methyl sites for hydroxylation is 2. The molecular weight excluding hydrogens is 338 g/mol. The largest absolute Gasteiger partial charge is 0.496 e. The number of guanidine groups is 1. The van der Waals surface area contributed by atoms with Crippen LogP contribution in [0.25, 0.3) is 0 Å². The molecule has 2 rings (SSSR count). The van der Waals surface area contributed by atoms with Crippen LogP contribution in [0.1, 0.15) is 43.3 Å². The number of hydrogen-bond donors (Lipinski definition) is 2. The van der Waals surface area contributed by atoms with Gasteiger partial charge in [-0.1, -0.05) is 32.0 Å². The van der Waals surface area contributed by atoms with E-state index in [1.165, 1.54) is 16.8 Å². The summed E-state index contributed by atoms with van der Waals surface area (Å²) in [6.45, 7) is 8.65. The van der Waals surface area contributed by atoms with Crippen molar-refractivity contribution >= 4 is 5.96 Å². The maximum atomic E-state index is 5.43. The van der Waals surface area contributed by atoms with Crippen molar-refractivity contribution in [2.24, 2.45) is 12.0 Å². The number of ether oxygens (including phenoxy) is 1. The number of aliphatic imine (C=N–C) groups is 1. The molecule has 0 unspecified atom stereocenters. The molecule has 0 atom stereocenters. The Kier molecular flexibility index (Phi) is 8.17. The molecule has 1 aromatic heterocycles. The van der Waals surface area contributed by atoms with Gasteiger partial charge in [0, 0.05) is 31.4 Å². The lowest BCUT2D eigenvalue weighted by atomic mass is 10.1. The van der Waals surface area contributed by atoms with Gasteiger partial charge in [-0.2, -0.15) is 5.10 Å². The third-order valence-electron chi connectivity index (χ3n) is 4.65. The van der Waals surface area contributed by atoms with E-state index in [0.717, 1.165) is 49.8 Å². The zero-order valence-corrected chi connectivity index (χ0v) is 17.3. The number of rotatable bonds is 9. The number of hydrogen-bond acceptors (Lipinski definition) is 3. The summed E-state index contributed by atoms with van der Waals surface area (Å²) in [6.07, 6.45) is 2.77. The van der Waals surface area contributed by atoms with Crippen molar-refractivity contribution in [2.45, 2.75) is 46.6 Å². The number of aromatic nitrogens is 2. The minimum atomic E-state index is 0.643. The molecule has 0 aliphatic heterocycles. The van der Waals surface area contributed by atoms with Crippen LogP contribution in [0.5, 0.6) is 5.75 Å². The summed E-state index contributed by atoms with van der Waals surface area (Å²) < 4.78 is 7.42. The van der Waals surface area contributed by atoms with E-state index in [-0.39, 0.29) is 0 Å². The normalized spacial score (nSPS) is 11.5. The summed E-state index contributed by atoms with van der Waals surface area (Å²) >= 11 is 0. The van der Waals surface area contributed by atoms with Gasteiger partial charge in [0.1, 0.15) is 5.75 Å². The highest BCUT2D eigenvalue weighted by Crippen LogP contribution is 2.18. The van der Waals surface area contributed by atoms with Crippen LogP contribution >= 0.6 is 0 Å². The van der Waals surface area contributed by atoms with Gasteiger partial charge < -0.3 is 15.4 Å². The van der Waals surface area contributed by atoms with Crippen molar-refractivity contribution in [1.82, 2.24) is 20.4 Å². The zero-order chi connectivity index (χ0) is 19.6. The first-order valence-electron chi connectivity index (χ1n) is 9.82. The molecule has 6 nitrogen and oxygen atoms in total. The fourth-order valence-electron chi connectivity index (χ4n) is 3.30. The van der Waals surface area contributed by atoms with Crippen LogP contribution < -0.4 is 15.4 Å². The minimum absolute atomic E-state index is 0.643. The summed E-state index contributed by atoms with van der Waals surface area (Å²) in [7, 11) is 3.73. The first-order valence-corrected chi connectivity index (χ1v) is 9.82. The second kappa shape index (κ2) is 10.6. The molecule has 6 heteroatoms. The smallest absolute Gasteiger partial charge is 0.191 e. The lowest BCUT2D eigenvalue weighted by molar-refractivity contribution is 0.409. The van der Waals surface area contributed by atoms with Crippen LogP contribution in [0.2, 0.25) is 0 Å². The highest BCUT2D eigenvalue weighted by molar-refractivity contribution is 5.79. The minimum Gasteiger partial charge on any atom is -0.496 e. The SMILES string of the molecule is CCNC(=NCc1c(CC)nn(C)c1CC)NCCc1ccccc1OC. The molecule has 0 bridgehead atoms. The van der Waals surface area contributed by atoms with E-state index in [4.69, 9.17) is 9.73 Å². The highest BCUT2D eigenvalue weighted by atomic mass is 16.5. The van der Waals surface area contributed by atoms with Crippen LogP contribution in [0.15, 0.2) is 29.3 Å². The fraction of sp³-hybridized carbons (Fsp3) is 0.524. The van der Waals surface area contributed by atoms with Crippen LogP contribution in [0, 0.1) is 0 Å². The topological polar surface area (TPSA) is 63.5 Å². The van der Waals surface area contributed by atoms with E-state index in [9.17, 15) is 0 Å². The zero-order valence-electron chi connectivity index (χ0n) is 17.3. The van der Waals surface area contributed by atoms with E-state index in [0.29, 0.717) is 6.54 Å². The Bertz CT molecular complexity index is 751. The Hall–Kier alpha value is -2.50. The predicted molar refractivity (Wildman–Crippen MR) is 111 cm³/mol. The molecule has 0 amide bonds. The second-order valence-corrected chi connectivity index (χ2v) is 6.39. The summed E-state index contributed by atoms with van der Waals surface area (Å²) in [5, 5.41) is 11.4. The van der Waals surface area contributed by atoms with Gasteiger partial charge in [0.25, 0.3) is 0 Å². The number of nitrogens with zero attached hydrogens (tertiary/aromatic N) is 3. The van der Waals surface area contributed by atoms with E-state index < -0.39 is 0 Å². The van der Waals surface area contributed by atoms with E-state index in [2.05, 4.69) is 42.6 Å². The van der Waals surface area contributed by atoms with Crippen molar-refractivity contribution in [2.75, 3.05) is 20.2 Å². The summed E-state index contributed by atoms with van der Waals surface area (Å²) in [4.78, 5) is 4.80. The van der Waals surface area contributed by atoms with Gasteiger partial charge in [0.15, 0.2) is 5.96 Å². The molecule has 1 aromatic carbocycles. The Morgan fingerprint density at radius 1 is 1.15 bits per heavy atom. The first-order chi connectivity index (χ1) is 13.1. The molecule has 0 aliphatic carbocycles. The van der Waals surface area contributed by atoms with Crippen LogP contribution in [0.3, 0.4) is 0 Å². The van der Waals surface area contributed by atoms with Crippen molar-refractivity contribution in [3.8, 4) is 5.75 Å². The molecule has 0 spiro atoms. The molecule has 2 aromatic rings. The average Bonchev–Trinajstić information content (AvgIpc) is 3.00. The molecule has 2 N–H and O–H groups in total. The van der Waals surface area contributed by atoms with Crippen molar-refractivity contribution < 1.29 is 4.74 Å². The quantitative estimate of drug-likeness (QED) is 0.526. The van der Waals surface area contributed by atoms with Crippen molar-refractivity contribution in [3.05, 3.63) is 46.8 Å². The Morgan fingerprint density at radius 3 is 2.59 bits per heavy atom. The summed E-state index contributed by atoms with van der Waals surface area (Å²) in [6, 6.07) is 8.13. The molecule has 0 fully saturated rings. The summed E-state index contributed by atoms with van der Waals surface area (Å²) in [5.74, 6) is 1.76. The second-order valence-electron chi connectivity index (χ2n) is 6.39. The van der Waals surface area contributed by atoms with E-state index >= 15 is 0 Å². The molecular formula is C21H33N5O. The van der Waals surface area contributed by atoms with Crippen molar-refractivity contribution in [3.63, 3.8) is 0 Å². The van der Waals surface area contributed by atoms with Crippen LogP contribution in [-0.4, -0.2) is 35.9 Å². The fourth-order valence-corrected chi connectivity index (χ4v) is 3.30. The number of para-hydroxylation sites is 1. The van der Waals surface area contributed by atoms with E-state index in [1.807, 2.05) is 29.9 Å². The van der Waals surface area contributed by atoms with E-state index in [1.54, 1.807) is 7.11 Å². The van der Waals surface area contributed by atoms with Gasteiger partial charge >= 0.3 is 0 Å². The van der Waals surface area contributed by atoms with Gasteiger partial charge in [0.05, 0.1) is 19.3 Å². The van der Waals surface area contributed by atoms with Gasteiger partial charge in [-0.15, -0.1) is 0 Å². The third-order valence-corrected chi connectivity index (χ3v) is 4.65. The molecule has 0 aliphatic rings. The van der Waals surface area contributed by atoms with Crippen LogP contribution in [-0.2, 0) is 32.9 Å². The molecule has 27 heavy (non-hydrogen) atoms. The molecule has 1 heterocycles. The Morgan fingerprint density at radius 2 is 1.93 bits per heavy atom. The predicted octanol–water partition coefficient (Wildman–Crippen LogP) is 2.85. The lowest BCUT2D eigenvalue weighted by Gasteiger charge is -2.13. The first kappa shape index (κ1) is 20.8. The number of methoxy groups -OCH3 is 1.